The van der Waals surface area contributed by atoms with Crippen LogP contribution in [-0.2, 0) is 4.79 Å². The van der Waals surface area contributed by atoms with E-state index in [1.807, 2.05) is 0 Å². The van der Waals surface area contributed by atoms with Crippen molar-refractivity contribution in [2.45, 2.75) is 64.4 Å². The molecule has 0 aliphatic heterocycles. The number of nitrogens with one attached hydrogen (secondary N) is 1. The van der Waals surface area contributed by atoms with E-state index in [2.05, 4.69) is 19.2 Å². The molecule has 1 fully saturated rings. The number of rotatable bonds is 5. The minimum atomic E-state index is -4.67. The van der Waals surface area contributed by atoms with Crippen LogP contribution in [0.2, 0.25) is 0 Å². The summed E-state index contributed by atoms with van der Waals surface area (Å²) in [6.07, 6.45) is -4.02. The van der Waals surface area contributed by atoms with Crippen molar-refractivity contribution in [2.24, 2.45) is 11.8 Å². The fraction of sp³-hybridized carbons (Fsp3) is 0.933. The van der Waals surface area contributed by atoms with Gasteiger partial charge in [-0.3, -0.25) is 9.69 Å². The summed E-state index contributed by atoms with van der Waals surface area (Å²) in [6, 6.07) is -0.652. The number of amides is 1. The molecule has 0 aromatic carbocycles. The lowest BCUT2D eigenvalue weighted by atomic mass is 9.78. The lowest BCUT2D eigenvalue weighted by molar-refractivity contribution is -0.208. The summed E-state index contributed by atoms with van der Waals surface area (Å²) in [5.74, 6) is 0.595. The minimum absolute atomic E-state index is 0.0691. The summed E-state index contributed by atoms with van der Waals surface area (Å²) < 4.78 is 37.1. The molecule has 0 aromatic rings. The second-order valence-corrected chi connectivity index (χ2v) is 6.56. The molecule has 4 nitrogen and oxygen atoms in total. The van der Waals surface area contributed by atoms with Gasteiger partial charge < -0.3 is 10.4 Å². The van der Waals surface area contributed by atoms with Crippen LogP contribution in [0.4, 0.5) is 13.2 Å². The molecule has 1 rings (SSSR count). The summed E-state index contributed by atoms with van der Waals surface area (Å²) in [6.45, 7) is 5.18. The Morgan fingerprint density at radius 3 is 2.50 bits per heavy atom. The maximum absolute atomic E-state index is 12.4. The summed E-state index contributed by atoms with van der Waals surface area (Å²) in [7, 11) is 1.41. The third-order valence-electron chi connectivity index (χ3n) is 4.91. The number of carbonyl (C=O) groups is 1. The normalized spacial score (nSPS) is 29.2. The van der Waals surface area contributed by atoms with Crippen LogP contribution in [0.25, 0.3) is 0 Å². The number of likely N-dealkylation sites (N-methyl/N-ethyl adjacent to an activating group) is 1. The van der Waals surface area contributed by atoms with Gasteiger partial charge in [0.15, 0.2) is 6.10 Å². The molecule has 0 saturated heterocycles. The van der Waals surface area contributed by atoms with Crippen molar-refractivity contribution in [3.05, 3.63) is 0 Å². The summed E-state index contributed by atoms with van der Waals surface area (Å²) in [5, 5.41) is 12.0. The van der Waals surface area contributed by atoms with Crippen LogP contribution in [0.3, 0.4) is 0 Å². The van der Waals surface area contributed by atoms with Gasteiger partial charge in [-0.05, 0) is 32.2 Å². The number of aliphatic hydroxyl groups is 1. The van der Waals surface area contributed by atoms with Crippen molar-refractivity contribution in [1.82, 2.24) is 10.2 Å². The molecule has 0 aromatic heterocycles. The Hall–Kier alpha value is -0.820. The first-order chi connectivity index (χ1) is 10.0. The highest BCUT2D eigenvalue weighted by molar-refractivity contribution is 5.81. The number of alkyl halides is 3. The molecule has 5 atom stereocenters. The molecule has 0 radical (unpaired) electrons. The van der Waals surface area contributed by atoms with Crippen LogP contribution < -0.4 is 5.32 Å². The Morgan fingerprint density at radius 2 is 1.95 bits per heavy atom. The molecule has 1 saturated carbocycles. The van der Waals surface area contributed by atoms with Gasteiger partial charge in [-0.15, -0.1) is 0 Å². The van der Waals surface area contributed by atoms with Gasteiger partial charge in [0.05, 0.1) is 6.04 Å². The fourth-order valence-corrected chi connectivity index (χ4v) is 2.82. The molecule has 2 N–H and O–H groups in total. The van der Waals surface area contributed by atoms with Crippen molar-refractivity contribution in [1.29, 1.82) is 0 Å². The van der Waals surface area contributed by atoms with E-state index in [0.29, 0.717) is 11.8 Å². The van der Waals surface area contributed by atoms with Gasteiger partial charge in [0.1, 0.15) is 0 Å². The van der Waals surface area contributed by atoms with Gasteiger partial charge in [0.25, 0.3) is 0 Å². The molecule has 22 heavy (non-hydrogen) atoms. The third-order valence-corrected chi connectivity index (χ3v) is 4.91. The van der Waals surface area contributed by atoms with E-state index in [4.69, 9.17) is 5.11 Å². The van der Waals surface area contributed by atoms with Gasteiger partial charge in [0.2, 0.25) is 5.91 Å². The second kappa shape index (κ2) is 7.64. The van der Waals surface area contributed by atoms with E-state index in [1.165, 1.54) is 11.9 Å². The average Bonchev–Trinajstić information content (AvgIpc) is 2.41. The lowest BCUT2D eigenvalue weighted by Gasteiger charge is -2.36. The Kier molecular flexibility index (Phi) is 6.67. The molecular formula is C15H27F3N2O2. The van der Waals surface area contributed by atoms with Crippen molar-refractivity contribution in [3.63, 3.8) is 0 Å². The zero-order valence-corrected chi connectivity index (χ0v) is 13.7. The Morgan fingerprint density at radius 1 is 1.36 bits per heavy atom. The van der Waals surface area contributed by atoms with Gasteiger partial charge in [-0.2, -0.15) is 13.2 Å². The molecule has 0 spiro atoms. The monoisotopic (exact) mass is 324 g/mol. The Labute approximate surface area is 130 Å². The highest BCUT2D eigenvalue weighted by Crippen LogP contribution is 2.29. The van der Waals surface area contributed by atoms with E-state index < -0.39 is 24.9 Å². The predicted octanol–water partition coefficient (Wildman–Crippen LogP) is 2.17. The van der Waals surface area contributed by atoms with Crippen LogP contribution in [-0.4, -0.2) is 53.9 Å². The Balaban J connectivity index is 2.53. The van der Waals surface area contributed by atoms with Crippen molar-refractivity contribution >= 4 is 5.91 Å². The molecule has 0 heterocycles. The number of nitrogens with zero attached hydrogens (tertiary/aromatic N) is 1. The smallest absolute Gasteiger partial charge is 0.382 e. The quantitative estimate of drug-likeness (QED) is 0.815. The summed E-state index contributed by atoms with van der Waals surface area (Å²) in [4.78, 5) is 13.4. The Bertz CT molecular complexity index is 376. The first-order valence-electron chi connectivity index (χ1n) is 7.79. The molecule has 1 amide bonds. The van der Waals surface area contributed by atoms with Gasteiger partial charge in [-0.25, -0.2) is 0 Å². The topological polar surface area (TPSA) is 52.6 Å². The zero-order chi connectivity index (χ0) is 17.1. The molecule has 1 aliphatic carbocycles. The molecule has 7 heteroatoms. The highest BCUT2D eigenvalue weighted by Gasteiger charge is 2.40. The second-order valence-electron chi connectivity index (χ2n) is 6.56. The molecular weight excluding hydrogens is 297 g/mol. The van der Waals surface area contributed by atoms with Crippen LogP contribution in [0, 0.1) is 11.8 Å². The molecule has 130 valence electrons. The maximum Gasteiger partial charge on any atom is 0.415 e. The lowest BCUT2D eigenvalue weighted by Crippen LogP contribution is -2.52. The number of hydrogen-bond donors (Lipinski definition) is 2. The van der Waals surface area contributed by atoms with E-state index >= 15 is 0 Å². The van der Waals surface area contributed by atoms with E-state index in [9.17, 15) is 18.0 Å². The highest BCUT2D eigenvalue weighted by atomic mass is 19.4. The molecule has 1 aliphatic rings. The average molecular weight is 324 g/mol. The van der Waals surface area contributed by atoms with Crippen LogP contribution in [0.1, 0.15) is 40.0 Å². The number of carbonyl (C=O) groups excluding carboxylic acids is 1. The van der Waals surface area contributed by atoms with Crippen molar-refractivity contribution in [3.8, 4) is 0 Å². The number of halogens is 3. The zero-order valence-electron chi connectivity index (χ0n) is 13.7. The van der Waals surface area contributed by atoms with Crippen LogP contribution >= 0.6 is 0 Å². The van der Waals surface area contributed by atoms with E-state index in [1.54, 1.807) is 6.92 Å². The first kappa shape index (κ1) is 19.2. The van der Waals surface area contributed by atoms with Gasteiger partial charge in [-0.1, -0.05) is 26.7 Å². The largest absolute Gasteiger partial charge is 0.415 e. The predicted molar refractivity (Wildman–Crippen MR) is 78.3 cm³/mol. The molecule has 5 unspecified atom stereocenters. The standard InChI is InChI=1S/C15H27F3N2O2/c1-9-6-5-7-12(10(9)2)19-14(22)11(3)20(4)8-13(21)15(16,17)18/h9-13,21H,5-8H2,1-4H3,(H,19,22). The summed E-state index contributed by atoms with van der Waals surface area (Å²) in [5.41, 5.74) is 0. The first-order valence-corrected chi connectivity index (χ1v) is 7.79. The number of hydrogen-bond acceptors (Lipinski definition) is 3. The minimum Gasteiger partial charge on any atom is -0.382 e. The van der Waals surface area contributed by atoms with Gasteiger partial charge in [0, 0.05) is 12.6 Å². The van der Waals surface area contributed by atoms with Crippen LogP contribution in [0.5, 0.6) is 0 Å². The van der Waals surface area contributed by atoms with E-state index in [0.717, 1.165) is 19.3 Å². The number of aliphatic hydroxyl groups excluding tert-OH is 1. The summed E-state index contributed by atoms with van der Waals surface area (Å²) >= 11 is 0. The van der Waals surface area contributed by atoms with Crippen molar-refractivity contribution < 1.29 is 23.1 Å². The fourth-order valence-electron chi connectivity index (χ4n) is 2.82. The van der Waals surface area contributed by atoms with Crippen molar-refractivity contribution in [2.75, 3.05) is 13.6 Å². The third kappa shape index (κ3) is 5.12. The SMILES string of the molecule is CC1CCCC(NC(=O)C(C)N(C)CC(O)C(F)(F)F)C1C. The van der Waals surface area contributed by atoms with Gasteiger partial charge >= 0.3 is 6.18 Å². The van der Waals surface area contributed by atoms with Crippen LogP contribution in [0.15, 0.2) is 0 Å². The molecule has 0 bridgehead atoms. The van der Waals surface area contributed by atoms with E-state index in [-0.39, 0.29) is 11.9 Å². The maximum atomic E-state index is 12.4.